The number of benzene rings is 2. The molecule has 0 bridgehead atoms. The molecule has 0 saturated heterocycles. The number of halogens is 1. The third-order valence-corrected chi connectivity index (χ3v) is 4.38. The van der Waals surface area contributed by atoms with E-state index in [-0.39, 0.29) is 0 Å². The number of rotatable bonds is 3. The molecule has 1 aromatic heterocycles. The zero-order chi connectivity index (χ0) is 14.2. The van der Waals surface area contributed by atoms with Gasteiger partial charge < -0.3 is 0 Å². The van der Waals surface area contributed by atoms with E-state index >= 15 is 0 Å². The topological polar surface area (TPSA) is 30.7 Å². The van der Waals surface area contributed by atoms with Gasteiger partial charge in [0.15, 0.2) is 5.82 Å². The highest BCUT2D eigenvalue weighted by atomic mass is 35.5. The van der Waals surface area contributed by atoms with Crippen LogP contribution in [0.2, 0.25) is 5.28 Å². The highest BCUT2D eigenvalue weighted by Crippen LogP contribution is 2.37. The zero-order valence-electron chi connectivity index (χ0n) is 11.4. The molecule has 104 valence electrons. The summed E-state index contributed by atoms with van der Waals surface area (Å²) in [6.07, 6.45) is 1.10. The second kappa shape index (κ2) is 5.01. The maximum Gasteiger partial charge on any atom is 0.225 e. The predicted molar refractivity (Wildman–Crippen MR) is 83.4 cm³/mol. The maximum atomic E-state index is 6.24. The van der Waals surface area contributed by atoms with Gasteiger partial charge in [0, 0.05) is 18.0 Å². The molecule has 4 heteroatoms. The molecule has 4 rings (SSSR count). The molecule has 0 spiro atoms. The first kappa shape index (κ1) is 12.6. The molecule has 0 fully saturated rings. The van der Waals surface area contributed by atoms with Gasteiger partial charge in [-0.25, -0.2) is 0 Å². The van der Waals surface area contributed by atoms with Crippen molar-refractivity contribution in [3.63, 3.8) is 0 Å². The fraction of sp³-hybridized carbons (Fsp3) is 0.176. The van der Waals surface area contributed by atoms with Crippen LogP contribution < -0.4 is 0 Å². The standard InChI is InChI=1S/C17H14ClN3/c18-17-20-19-16(12-6-2-1-3-7-12)21(17)11-14-10-13-8-4-5-9-15(13)14/h1-9,14H,10-11H2. The van der Waals surface area contributed by atoms with Crippen LogP contribution in [0.3, 0.4) is 0 Å². The van der Waals surface area contributed by atoms with Crippen molar-refractivity contribution < 1.29 is 0 Å². The monoisotopic (exact) mass is 295 g/mol. The van der Waals surface area contributed by atoms with E-state index in [1.807, 2.05) is 34.9 Å². The van der Waals surface area contributed by atoms with Gasteiger partial charge in [-0.15, -0.1) is 10.2 Å². The Balaban J connectivity index is 1.67. The zero-order valence-corrected chi connectivity index (χ0v) is 12.2. The fourth-order valence-corrected chi connectivity index (χ4v) is 3.18. The SMILES string of the molecule is Clc1nnc(-c2ccccc2)n1CC1Cc2ccccc21. The number of hydrogen-bond donors (Lipinski definition) is 0. The summed E-state index contributed by atoms with van der Waals surface area (Å²) in [6.45, 7) is 0.826. The lowest BCUT2D eigenvalue weighted by Gasteiger charge is -2.30. The van der Waals surface area contributed by atoms with Crippen molar-refractivity contribution in [2.75, 3.05) is 0 Å². The lowest BCUT2D eigenvalue weighted by molar-refractivity contribution is 0.511. The molecule has 1 heterocycles. The summed E-state index contributed by atoms with van der Waals surface area (Å²) in [7, 11) is 0. The van der Waals surface area contributed by atoms with E-state index in [2.05, 4.69) is 34.5 Å². The average molecular weight is 296 g/mol. The first-order chi connectivity index (χ1) is 10.3. The van der Waals surface area contributed by atoms with Crippen molar-refractivity contribution in [2.24, 2.45) is 0 Å². The van der Waals surface area contributed by atoms with Crippen LogP contribution >= 0.6 is 11.6 Å². The summed E-state index contributed by atoms with van der Waals surface area (Å²) in [4.78, 5) is 0. The second-order valence-electron chi connectivity index (χ2n) is 5.37. The maximum absolute atomic E-state index is 6.24. The number of aromatic nitrogens is 3. The van der Waals surface area contributed by atoms with E-state index in [0.717, 1.165) is 24.4 Å². The smallest absolute Gasteiger partial charge is 0.225 e. The van der Waals surface area contributed by atoms with Crippen molar-refractivity contribution in [1.82, 2.24) is 14.8 Å². The first-order valence-electron chi connectivity index (χ1n) is 7.05. The lowest BCUT2D eigenvalue weighted by Crippen LogP contribution is -2.22. The number of fused-ring (bicyclic) bond motifs is 1. The largest absolute Gasteiger partial charge is 0.297 e. The van der Waals surface area contributed by atoms with Crippen LogP contribution in [-0.2, 0) is 13.0 Å². The highest BCUT2D eigenvalue weighted by Gasteiger charge is 2.27. The van der Waals surface area contributed by atoms with Crippen molar-refractivity contribution >= 4 is 11.6 Å². The van der Waals surface area contributed by atoms with Crippen LogP contribution in [0.25, 0.3) is 11.4 Å². The van der Waals surface area contributed by atoms with Gasteiger partial charge in [-0.1, -0.05) is 54.6 Å². The number of hydrogen-bond acceptors (Lipinski definition) is 2. The molecule has 1 aliphatic carbocycles. The third-order valence-electron chi connectivity index (χ3n) is 4.10. The van der Waals surface area contributed by atoms with Gasteiger partial charge in [0.2, 0.25) is 5.28 Å². The van der Waals surface area contributed by atoms with Gasteiger partial charge in [-0.3, -0.25) is 4.57 Å². The van der Waals surface area contributed by atoms with E-state index in [1.54, 1.807) is 0 Å². The van der Waals surface area contributed by atoms with Gasteiger partial charge in [0.25, 0.3) is 0 Å². The Labute approximate surface area is 128 Å². The van der Waals surface area contributed by atoms with Crippen LogP contribution in [0, 0.1) is 0 Å². The quantitative estimate of drug-likeness (QED) is 0.733. The minimum absolute atomic E-state index is 0.457. The van der Waals surface area contributed by atoms with Crippen LogP contribution in [0.1, 0.15) is 17.0 Å². The molecule has 0 N–H and O–H groups in total. The predicted octanol–water partition coefficient (Wildman–Crippen LogP) is 3.94. The minimum Gasteiger partial charge on any atom is -0.297 e. The third kappa shape index (κ3) is 2.14. The van der Waals surface area contributed by atoms with Gasteiger partial charge >= 0.3 is 0 Å². The van der Waals surface area contributed by atoms with Crippen molar-refractivity contribution in [3.05, 3.63) is 71.0 Å². The Bertz CT molecular complexity index is 780. The van der Waals surface area contributed by atoms with E-state index in [9.17, 15) is 0 Å². The number of nitrogens with zero attached hydrogens (tertiary/aromatic N) is 3. The molecule has 1 atom stereocenters. The van der Waals surface area contributed by atoms with Crippen molar-refractivity contribution in [1.29, 1.82) is 0 Å². The Kier molecular flexibility index (Phi) is 3.00. The molecule has 1 aliphatic rings. The molecule has 21 heavy (non-hydrogen) atoms. The van der Waals surface area contributed by atoms with Crippen LogP contribution in [0.4, 0.5) is 0 Å². The molecule has 0 amide bonds. The molecule has 0 radical (unpaired) electrons. The lowest BCUT2D eigenvalue weighted by atomic mass is 9.77. The van der Waals surface area contributed by atoms with Crippen LogP contribution in [0.15, 0.2) is 54.6 Å². The molecule has 2 aromatic carbocycles. The Morgan fingerprint density at radius 1 is 1.00 bits per heavy atom. The second-order valence-corrected chi connectivity index (χ2v) is 5.71. The van der Waals surface area contributed by atoms with Gasteiger partial charge in [-0.2, -0.15) is 0 Å². The molecule has 0 aliphatic heterocycles. The molecule has 3 aromatic rings. The molecular weight excluding hydrogens is 282 g/mol. The average Bonchev–Trinajstić information content (AvgIpc) is 2.87. The van der Waals surface area contributed by atoms with Crippen molar-refractivity contribution in [2.45, 2.75) is 18.9 Å². The van der Waals surface area contributed by atoms with Crippen LogP contribution in [-0.4, -0.2) is 14.8 Å². The first-order valence-corrected chi connectivity index (χ1v) is 7.42. The van der Waals surface area contributed by atoms with Crippen molar-refractivity contribution in [3.8, 4) is 11.4 Å². The Hall–Kier alpha value is -2.13. The van der Waals surface area contributed by atoms with E-state index < -0.39 is 0 Å². The summed E-state index contributed by atoms with van der Waals surface area (Å²) in [6, 6.07) is 18.6. The summed E-state index contributed by atoms with van der Waals surface area (Å²) in [5.74, 6) is 1.34. The molecule has 0 saturated carbocycles. The van der Waals surface area contributed by atoms with E-state index in [1.165, 1.54) is 11.1 Å². The normalized spacial score (nSPS) is 16.3. The fourth-order valence-electron chi connectivity index (χ4n) is 2.99. The van der Waals surface area contributed by atoms with Crippen LogP contribution in [0.5, 0.6) is 0 Å². The van der Waals surface area contributed by atoms with E-state index in [4.69, 9.17) is 11.6 Å². The summed E-state index contributed by atoms with van der Waals surface area (Å²) in [5.41, 5.74) is 3.90. The Morgan fingerprint density at radius 2 is 1.76 bits per heavy atom. The Morgan fingerprint density at radius 3 is 2.57 bits per heavy atom. The van der Waals surface area contributed by atoms with E-state index in [0.29, 0.717) is 11.2 Å². The molecule has 1 unspecified atom stereocenters. The highest BCUT2D eigenvalue weighted by molar-refractivity contribution is 6.28. The summed E-state index contributed by atoms with van der Waals surface area (Å²) in [5, 5.41) is 8.73. The van der Waals surface area contributed by atoms with Gasteiger partial charge in [0.1, 0.15) is 0 Å². The molecular formula is C17H14ClN3. The summed E-state index contributed by atoms with van der Waals surface area (Å²) >= 11 is 6.24. The van der Waals surface area contributed by atoms with Gasteiger partial charge in [0.05, 0.1) is 0 Å². The summed E-state index contributed by atoms with van der Waals surface area (Å²) < 4.78 is 2.01. The van der Waals surface area contributed by atoms with Gasteiger partial charge in [-0.05, 0) is 29.1 Å². The minimum atomic E-state index is 0.457. The molecule has 3 nitrogen and oxygen atoms in total.